The van der Waals surface area contributed by atoms with Crippen LogP contribution in [0.25, 0.3) is 0 Å². The number of carboxylic acid groups (broad SMARTS) is 1. The van der Waals surface area contributed by atoms with E-state index in [0.717, 1.165) is 6.42 Å². The van der Waals surface area contributed by atoms with E-state index in [1.807, 2.05) is 13.8 Å². The average molecular weight is 227 g/mol. The minimum Gasteiger partial charge on any atom is -0.481 e. The fourth-order valence-corrected chi connectivity index (χ4v) is 1.31. The van der Waals surface area contributed by atoms with Crippen LogP contribution in [0, 0.1) is 5.41 Å². The Morgan fingerprint density at radius 1 is 1.38 bits per heavy atom. The number of amides is 1. The van der Waals surface area contributed by atoms with Crippen LogP contribution < -0.4 is 5.32 Å². The summed E-state index contributed by atoms with van der Waals surface area (Å²) in [6, 6.07) is 0. The summed E-state index contributed by atoms with van der Waals surface area (Å²) in [5.74, 6) is -0.812. The van der Waals surface area contributed by atoms with Crippen LogP contribution in [0.2, 0.25) is 0 Å². The quantitative estimate of drug-likeness (QED) is 0.623. The number of aliphatic carboxylic acids is 1. The highest BCUT2D eigenvalue weighted by Crippen LogP contribution is 2.25. The lowest BCUT2D eigenvalue weighted by atomic mass is 9.84. The summed E-state index contributed by atoms with van der Waals surface area (Å²) in [6.07, 6.45) is 3.47. The molecule has 2 N–H and O–H groups in total. The Morgan fingerprint density at radius 3 is 2.50 bits per heavy atom. The number of carboxylic acids is 1. The molecule has 0 radical (unpaired) electrons. The van der Waals surface area contributed by atoms with E-state index in [1.54, 1.807) is 6.08 Å². The van der Waals surface area contributed by atoms with Crippen LogP contribution in [-0.4, -0.2) is 23.5 Å². The van der Waals surface area contributed by atoms with Crippen molar-refractivity contribution < 1.29 is 14.7 Å². The number of nitrogens with one attached hydrogen (secondary N) is 1. The second kappa shape index (κ2) is 7.04. The van der Waals surface area contributed by atoms with Crippen molar-refractivity contribution >= 4 is 11.9 Å². The van der Waals surface area contributed by atoms with Gasteiger partial charge in [-0.15, -0.1) is 6.58 Å². The zero-order chi connectivity index (χ0) is 12.6. The molecule has 0 aliphatic heterocycles. The van der Waals surface area contributed by atoms with Crippen molar-refractivity contribution in [1.82, 2.24) is 5.32 Å². The van der Waals surface area contributed by atoms with Crippen molar-refractivity contribution in [1.29, 1.82) is 0 Å². The lowest BCUT2D eigenvalue weighted by molar-refractivity contribution is -0.137. The summed E-state index contributed by atoms with van der Waals surface area (Å²) in [4.78, 5) is 21.6. The first kappa shape index (κ1) is 14.7. The Hall–Kier alpha value is -1.32. The molecule has 0 fully saturated rings. The predicted octanol–water partition coefficient (Wildman–Crippen LogP) is 1.96. The van der Waals surface area contributed by atoms with Gasteiger partial charge in [0, 0.05) is 19.4 Å². The zero-order valence-electron chi connectivity index (χ0n) is 10.1. The molecular formula is C12H21NO3. The van der Waals surface area contributed by atoms with Crippen LogP contribution in [0.15, 0.2) is 12.7 Å². The van der Waals surface area contributed by atoms with Gasteiger partial charge >= 0.3 is 5.97 Å². The van der Waals surface area contributed by atoms with Crippen LogP contribution in [0.5, 0.6) is 0 Å². The average Bonchev–Trinajstić information content (AvgIpc) is 2.15. The molecule has 0 atom stereocenters. The second-order valence-corrected chi connectivity index (χ2v) is 4.65. The summed E-state index contributed by atoms with van der Waals surface area (Å²) in [5.41, 5.74) is -0.0557. The highest BCUT2D eigenvalue weighted by Gasteiger charge is 2.18. The van der Waals surface area contributed by atoms with E-state index in [-0.39, 0.29) is 17.7 Å². The molecule has 4 heteroatoms. The molecule has 4 nitrogen and oxygen atoms in total. The number of carbonyl (C=O) groups excluding carboxylic acids is 1. The predicted molar refractivity (Wildman–Crippen MR) is 63.1 cm³/mol. The molecule has 0 aromatic carbocycles. The lowest BCUT2D eigenvalue weighted by Crippen LogP contribution is -2.27. The minimum absolute atomic E-state index is 0.0379. The van der Waals surface area contributed by atoms with Crippen LogP contribution >= 0.6 is 0 Å². The summed E-state index contributed by atoms with van der Waals surface area (Å²) < 4.78 is 0. The van der Waals surface area contributed by atoms with Crippen LogP contribution in [0.3, 0.4) is 0 Å². The van der Waals surface area contributed by atoms with E-state index in [2.05, 4.69) is 11.9 Å². The molecule has 0 aromatic rings. The largest absolute Gasteiger partial charge is 0.481 e. The van der Waals surface area contributed by atoms with Gasteiger partial charge in [0.1, 0.15) is 0 Å². The van der Waals surface area contributed by atoms with Crippen molar-refractivity contribution in [2.24, 2.45) is 5.41 Å². The van der Waals surface area contributed by atoms with Gasteiger partial charge in [0.15, 0.2) is 0 Å². The SMILES string of the molecule is C=CCC(=O)NCCC(C)(C)CCC(=O)O. The van der Waals surface area contributed by atoms with Crippen LogP contribution in [0.1, 0.15) is 39.5 Å². The van der Waals surface area contributed by atoms with E-state index in [4.69, 9.17) is 5.11 Å². The standard InChI is InChI=1S/C12H21NO3/c1-4-5-10(14)13-9-8-12(2,3)7-6-11(15)16/h4H,1,5-9H2,2-3H3,(H,13,14)(H,15,16). The third-order valence-electron chi connectivity index (χ3n) is 2.47. The maximum Gasteiger partial charge on any atom is 0.303 e. The maximum absolute atomic E-state index is 11.1. The first-order valence-electron chi connectivity index (χ1n) is 5.47. The Bertz CT molecular complexity index is 259. The summed E-state index contributed by atoms with van der Waals surface area (Å²) in [7, 11) is 0. The molecule has 0 unspecified atom stereocenters. The monoisotopic (exact) mass is 227 g/mol. The molecule has 0 bridgehead atoms. The number of rotatable bonds is 8. The van der Waals surface area contributed by atoms with Crippen molar-refractivity contribution in [3.8, 4) is 0 Å². The molecule has 0 aliphatic carbocycles. The fraction of sp³-hybridized carbons (Fsp3) is 0.667. The van der Waals surface area contributed by atoms with Gasteiger partial charge in [0.05, 0.1) is 0 Å². The molecule has 0 aliphatic rings. The topological polar surface area (TPSA) is 66.4 Å². The molecule has 0 saturated heterocycles. The van der Waals surface area contributed by atoms with Crippen molar-refractivity contribution in [2.45, 2.75) is 39.5 Å². The Balaban J connectivity index is 3.76. The molecule has 0 spiro atoms. The van der Waals surface area contributed by atoms with Gasteiger partial charge in [-0.05, 0) is 18.3 Å². The van der Waals surface area contributed by atoms with Gasteiger partial charge in [-0.1, -0.05) is 19.9 Å². The smallest absolute Gasteiger partial charge is 0.303 e. The molecule has 0 aromatic heterocycles. The zero-order valence-corrected chi connectivity index (χ0v) is 10.1. The van der Waals surface area contributed by atoms with Gasteiger partial charge in [-0.2, -0.15) is 0 Å². The highest BCUT2D eigenvalue weighted by molar-refractivity contribution is 5.77. The van der Waals surface area contributed by atoms with E-state index >= 15 is 0 Å². The van der Waals surface area contributed by atoms with Crippen molar-refractivity contribution in [3.05, 3.63) is 12.7 Å². The van der Waals surface area contributed by atoms with E-state index in [9.17, 15) is 9.59 Å². The summed E-state index contributed by atoms with van der Waals surface area (Å²) in [6.45, 7) is 8.08. The van der Waals surface area contributed by atoms with Crippen molar-refractivity contribution in [2.75, 3.05) is 6.54 Å². The normalized spacial score (nSPS) is 10.9. The van der Waals surface area contributed by atoms with Gasteiger partial charge in [0.25, 0.3) is 0 Å². The molecule has 16 heavy (non-hydrogen) atoms. The van der Waals surface area contributed by atoms with Gasteiger partial charge in [0.2, 0.25) is 5.91 Å². The number of hydrogen-bond acceptors (Lipinski definition) is 2. The van der Waals surface area contributed by atoms with Gasteiger partial charge in [-0.3, -0.25) is 9.59 Å². The minimum atomic E-state index is -0.774. The van der Waals surface area contributed by atoms with Crippen molar-refractivity contribution in [3.63, 3.8) is 0 Å². The van der Waals surface area contributed by atoms with E-state index < -0.39 is 5.97 Å². The molecule has 92 valence electrons. The first-order valence-corrected chi connectivity index (χ1v) is 5.47. The first-order chi connectivity index (χ1) is 7.37. The second-order valence-electron chi connectivity index (χ2n) is 4.65. The number of hydrogen-bond donors (Lipinski definition) is 2. The third-order valence-corrected chi connectivity index (χ3v) is 2.47. The summed E-state index contributed by atoms with van der Waals surface area (Å²) in [5, 5.41) is 11.3. The van der Waals surface area contributed by atoms with Crippen LogP contribution in [-0.2, 0) is 9.59 Å². The lowest BCUT2D eigenvalue weighted by Gasteiger charge is -2.23. The van der Waals surface area contributed by atoms with E-state index in [1.165, 1.54) is 0 Å². The molecular weight excluding hydrogens is 206 g/mol. The molecule has 1 amide bonds. The highest BCUT2D eigenvalue weighted by atomic mass is 16.4. The Kier molecular flexibility index (Phi) is 6.46. The Morgan fingerprint density at radius 2 is 2.00 bits per heavy atom. The molecule has 0 heterocycles. The maximum atomic E-state index is 11.1. The summed E-state index contributed by atoms with van der Waals surface area (Å²) >= 11 is 0. The fourth-order valence-electron chi connectivity index (χ4n) is 1.31. The van der Waals surface area contributed by atoms with E-state index in [0.29, 0.717) is 19.4 Å². The third kappa shape index (κ3) is 8.03. The van der Waals surface area contributed by atoms with Gasteiger partial charge in [-0.25, -0.2) is 0 Å². The Labute approximate surface area is 96.7 Å². The molecule has 0 rings (SSSR count). The molecule has 0 saturated carbocycles. The van der Waals surface area contributed by atoms with Gasteiger partial charge < -0.3 is 10.4 Å². The number of carbonyl (C=O) groups is 2. The van der Waals surface area contributed by atoms with Crippen LogP contribution in [0.4, 0.5) is 0 Å².